The Morgan fingerprint density at radius 1 is 1.50 bits per heavy atom. The van der Waals surface area contributed by atoms with Crippen LogP contribution in [0.4, 0.5) is 0 Å². The van der Waals surface area contributed by atoms with E-state index in [-0.39, 0.29) is 5.91 Å². The smallest absolute Gasteiger partial charge is 0.231 e. The zero-order valence-corrected chi connectivity index (χ0v) is 10.9. The fourth-order valence-electron chi connectivity index (χ4n) is 2.63. The highest BCUT2D eigenvalue weighted by atomic mass is 16.1. The van der Waals surface area contributed by atoms with Crippen molar-refractivity contribution in [2.75, 3.05) is 19.6 Å². The topological polar surface area (TPSA) is 59.2 Å². The van der Waals surface area contributed by atoms with Crippen LogP contribution in [-0.2, 0) is 11.2 Å². The Bertz CT molecular complexity index is 411. The quantitative estimate of drug-likeness (QED) is 0.867. The number of hydrogen-bond acceptors (Lipinski definition) is 3. The molecule has 18 heavy (non-hydrogen) atoms. The molecule has 4 nitrogen and oxygen atoms in total. The van der Waals surface area contributed by atoms with Crippen molar-refractivity contribution < 1.29 is 4.79 Å². The SMILES string of the molecule is Cc1cc(CC2CCN(CC(N)=O)CC2)ccn1. The lowest BCUT2D eigenvalue weighted by Gasteiger charge is -2.31. The van der Waals surface area contributed by atoms with E-state index in [4.69, 9.17) is 5.73 Å². The molecule has 1 aliphatic heterocycles. The van der Waals surface area contributed by atoms with Crippen LogP contribution in [0.5, 0.6) is 0 Å². The molecule has 0 radical (unpaired) electrons. The van der Waals surface area contributed by atoms with E-state index >= 15 is 0 Å². The first-order valence-corrected chi connectivity index (χ1v) is 6.55. The third kappa shape index (κ3) is 3.81. The van der Waals surface area contributed by atoms with Crippen LogP contribution in [0.1, 0.15) is 24.1 Å². The van der Waals surface area contributed by atoms with Gasteiger partial charge in [0.25, 0.3) is 0 Å². The van der Waals surface area contributed by atoms with E-state index in [1.165, 1.54) is 5.56 Å². The van der Waals surface area contributed by atoms with Crippen molar-refractivity contribution in [2.45, 2.75) is 26.2 Å². The number of nitrogens with zero attached hydrogens (tertiary/aromatic N) is 2. The van der Waals surface area contributed by atoms with E-state index in [0.717, 1.165) is 44.0 Å². The molecule has 2 heterocycles. The highest BCUT2D eigenvalue weighted by Gasteiger charge is 2.20. The number of carbonyl (C=O) groups excluding carboxylic acids is 1. The first-order valence-electron chi connectivity index (χ1n) is 6.55. The van der Waals surface area contributed by atoms with Crippen molar-refractivity contribution in [1.29, 1.82) is 0 Å². The Morgan fingerprint density at radius 3 is 2.83 bits per heavy atom. The van der Waals surface area contributed by atoms with Crippen molar-refractivity contribution in [3.63, 3.8) is 0 Å². The summed E-state index contributed by atoms with van der Waals surface area (Å²) < 4.78 is 0. The average Bonchev–Trinajstić information content (AvgIpc) is 2.31. The van der Waals surface area contributed by atoms with Gasteiger partial charge in [0, 0.05) is 11.9 Å². The summed E-state index contributed by atoms with van der Waals surface area (Å²) in [5, 5.41) is 0. The number of rotatable bonds is 4. The Labute approximate surface area is 108 Å². The van der Waals surface area contributed by atoms with Crippen LogP contribution < -0.4 is 5.73 Å². The zero-order valence-electron chi connectivity index (χ0n) is 10.9. The maximum atomic E-state index is 10.9. The van der Waals surface area contributed by atoms with E-state index in [1.54, 1.807) is 0 Å². The number of carbonyl (C=O) groups is 1. The molecule has 1 aliphatic rings. The number of pyridine rings is 1. The first-order chi connectivity index (χ1) is 8.63. The van der Waals surface area contributed by atoms with Crippen LogP contribution in [0.3, 0.4) is 0 Å². The van der Waals surface area contributed by atoms with E-state index in [2.05, 4.69) is 22.0 Å². The van der Waals surface area contributed by atoms with Gasteiger partial charge in [0.05, 0.1) is 6.54 Å². The first kappa shape index (κ1) is 13.0. The molecule has 0 spiro atoms. The summed E-state index contributed by atoms with van der Waals surface area (Å²) in [6.07, 6.45) is 5.30. The standard InChI is InChI=1S/C14H21N3O/c1-11-8-13(2-5-16-11)9-12-3-6-17(7-4-12)10-14(15)18/h2,5,8,12H,3-4,6-7,9-10H2,1H3,(H2,15,18). The minimum absolute atomic E-state index is 0.224. The molecule has 0 aromatic carbocycles. The van der Waals surface area contributed by atoms with Crippen molar-refractivity contribution >= 4 is 5.91 Å². The molecule has 98 valence electrons. The molecule has 1 aromatic heterocycles. The van der Waals surface area contributed by atoms with Gasteiger partial charge in [0.2, 0.25) is 5.91 Å². The third-order valence-electron chi connectivity index (χ3n) is 3.57. The molecule has 2 rings (SSSR count). The lowest BCUT2D eigenvalue weighted by atomic mass is 9.90. The van der Waals surface area contributed by atoms with Crippen LogP contribution in [0.15, 0.2) is 18.3 Å². The molecular formula is C14H21N3O. The molecule has 1 aromatic rings. The van der Waals surface area contributed by atoms with Gasteiger partial charge < -0.3 is 5.73 Å². The van der Waals surface area contributed by atoms with Crippen LogP contribution in [-0.4, -0.2) is 35.4 Å². The number of nitrogens with two attached hydrogens (primary N) is 1. The number of aryl methyl sites for hydroxylation is 1. The molecular weight excluding hydrogens is 226 g/mol. The predicted octanol–water partition coefficient (Wildman–Crippen LogP) is 1.13. The summed E-state index contributed by atoms with van der Waals surface area (Å²) >= 11 is 0. The van der Waals surface area contributed by atoms with Crippen molar-refractivity contribution in [2.24, 2.45) is 11.7 Å². The summed E-state index contributed by atoms with van der Waals surface area (Å²) in [4.78, 5) is 17.2. The monoisotopic (exact) mass is 247 g/mol. The number of primary amides is 1. The fraction of sp³-hybridized carbons (Fsp3) is 0.571. The van der Waals surface area contributed by atoms with E-state index in [1.807, 2.05) is 13.1 Å². The second-order valence-corrected chi connectivity index (χ2v) is 5.20. The minimum atomic E-state index is -0.224. The maximum Gasteiger partial charge on any atom is 0.231 e. The van der Waals surface area contributed by atoms with Crippen LogP contribution in [0.25, 0.3) is 0 Å². The minimum Gasteiger partial charge on any atom is -0.369 e. The van der Waals surface area contributed by atoms with E-state index in [9.17, 15) is 4.79 Å². The normalized spacial score (nSPS) is 17.8. The Hall–Kier alpha value is -1.42. The molecule has 0 aliphatic carbocycles. The van der Waals surface area contributed by atoms with Crippen LogP contribution in [0.2, 0.25) is 0 Å². The van der Waals surface area contributed by atoms with Gasteiger partial charge in [-0.15, -0.1) is 0 Å². The molecule has 0 atom stereocenters. The van der Waals surface area contributed by atoms with E-state index in [0.29, 0.717) is 6.54 Å². The van der Waals surface area contributed by atoms with Gasteiger partial charge in [0.1, 0.15) is 0 Å². The Kier molecular flexibility index (Phi) is 4.31. The van der Waals surface area contributed by atoms with Crippen molar-refractivity contribution in [1.82, 2.24) is 9.88 Å². The van der Waals surface area contributed by atoms with Gasteiger partial charge in [-0.25, -0.2) is 0 Å². The molecule has 1 saturated heterocycles. The zero-order chi connectivity index (χ0) is 13.0. The number of aromatic nitrogens is 1. The summed E-state index contributed by atoms with van der Waals surface area (Å²) in [5.74, 6) is 0.495. The summed E-state index contributed by atoms with van der Waals surface area (Å²) in [6, 6.07) is 4.26. The van der Waals surface area contributed by atoms with Gasteiger partial charge in [-0.3, -0.25) is 14.7 Å². The number of likely N-dealkylation sites (tertiary alicyclic amines) is 1. The van der Waals surface area contributed by atoms with Gasteiger partial charge in [-0.1, -0.05) is 0 Å². The fourth-order valence-corrected chi connectivity index (χ4v) is 2.63. The molecule has 1 fully saturated rings. The number of amides is 1. The molecule has 4 heteroatoms. The second kappa shape index (κ2) is 5.96. The Morgan fingerprint density at radius 2 is 2.22 bits per heavy atom. The lowest BCUT2D eigenvalue weighted by molar-refractivity contribution is -0.119. The predicted molar refractivity (Wildman–Crippen MR) is 71.0 cm³/mol. The average molecular weight is 247 g/mol. The Balaban J connectivity index is 1.81. The highest BCUT2D eigenvalue weighted by molar-refractivity contribution is 5.75. The van der Waals surface area contributed by atoms with Gasteiger partial charge >= 0.3 is 0 Å². The second-order valence-electron chi connectivity index (χ2n) is 5.20. The lowest BCUT2D eigenvalue weighted by Crippen LogP contribution is -2.39. The largest absolute Gasteiger partial charge is 0.369 e. The van der Waals surface area contributed by atoms with Crippen molar-refractivity contribution in [3.8, 4) is 0 Å². The summed E-state index contributed by atoms with van der Waals surface area (Å²) in [6.45, 7) is 4.40. The molecule has 2 N–H and O–H groups in total. The maximum absolute atomic E-state index is 10.9. The van der Waals surface area contributed by atoms with Crippen LogP contribution in [0, 0.1) is 12.8 Å². The summed E-state index contributed by atoms with van der Waals surface area (Å²) in [7, 11) is 0. The van der Waals surface area contributed by atoms with Crippen LogP contribution >= 0.6 is 0 Å². The number of hydrogen-bond donors (Lipinski definition) is 1. The summed E-state index contributed by atoms with van der Waals surface area (Å²) in [5.41, 5.74) is 7.66. The van der Waals surface area contributed by atoms with Gasteiger partial charge in [-0.05, 0) is 62.9 Å². The molecule has 1 amide bonds. The van der Waals surface area contributed by atoms with Crippen molar-refractivity contribution in [3.05, 3.63) is 29.6 Å². The molecule has 0 unspecified atom stereocenters. The highest BCUT2D eigenvalue weighted by Crippen LogP contribution is 2.21. The van der Waals surface area contributed by atoms with Gasteiger partial charge in [-0.2, -0.15) is 0 Å². The van der Waals surface area contributed by atoms with Gasteiger partial charge in [0.15, 0.2) is 0 Å². The number of piperidine rings is 1. The van der Waals surface area contributed by atoms with E-state index < -0.39 is 0 Å². The molecule has 0 saturated carbocycles. The third-order valence-corrected chi connectivity index (χ3v) is 3.57. The molecule has 0 bridgehead atoms.